The van der Waals surface area contributed by atoms with E-state index < -0.39 is 0 Å². The van der Waals surface area contributed by atoms with Crippen molar-refractivity contribution in [1.82, 2.24) is 0 Å². The molecule has 0 aromatic rings. The molecule has 0 saturated carbocycles. The molecule has 0 aliphatic rings. The molecule has 0 spiro atoms. The summed E-state index contributed by atoms with van der Waals surface area (Å²) in [5.41, 5.74) is 0. The molecule has 0 atom stereocenters. The average Bonchev–Trinajstić information content (AvgIpc) is 1.69. The van der Waals surface area contributed by atoms with E-state index in [-0.39, 0.29) is 0 Å². The highest BCUT2D eigenvalue weighted by molar-refractivity contribution is 6.24. The van der Waals surface area contributed by atoms with Crippen LogP contribution in [-0.4, -0.2) is 16.4 Å². The van der Waals surface area contributed by atoms with Gasteiger partial charge in [-0.05, 0) is 13.0 Å². The van der Waals surface area contributed by atoms with Crippen LogP contribution in [0.2, 0.25) is 6.55 Å². The fourth-order valence-electron chi connectivity index (χ4n) is 0.244. The van der Waals surface area contributed by atoms with Crippen LogP contribution in [0.5, 0.6) is 0 Å². The average molecular weight is 114 g/mol. The lowest BCUT2D eigenvalue weighted by atomic mass is 10.5. The molecule has 0 aromatic carbocycles. The van der Waals surface area contributed by atoms with Crippen LogP contribution in [0.1, 0.15) is 6.42 Å². The van der Waals surface area contributed by atoms with Crippen molar-refractivity contribution in [3.63, 3.8) is 0 Å². The summed E-state index contributed by atoms with van der Waals surface area (Å²) in [6.45, 7) is 6.40. The Kier molecular flexibility index (Phi) is 5.85. The van der Waals surface area contributed by atoms with Gasteiger partial charge in [-0.1, -0.05) is 6.08 Å². The topological polar surface area (TPSA) is 9.23 Å². The van der Waals surface area contributed by atoms with Crippen molar-refractivity contribution in [3.8, 4) is 0 Å². The first-order valence-corrected chi connectivity index (χ1v) is 3.72. The highest BCUT2D eigenvalue weighted by Gasteiger charge is 1.77. The minimum absolute atomic E-state index is 0.620. The van der Waals surface area contributed by atoms with E-state index in [0.717, 1.165) is 13.0 Å². The summed E-state index contributed by atoms with van der Waals surface area (Å²) < 4.78 is 5.03. The zero-order valence-electron chi connectivity index (χ0n) is 4.61. The molecule has 2 radical (unpaired) electrons. The Balaban J connectivity index is 2.56. The summed E-state index contributed by atoms with van der Waals surface area (Å²) in [6, 6.07) is 0. The number of hydrogen-bond donors (Lipinski definition) is 0. The normalized spacial score (nSPS) is 8.71. The molecular weight excluding hydrogens is 104 g/mol. The van der Waals surface area contributed by atoms with Crippen molar-refractivity contribution < 1.29 is 4.43 Å². The Hall–Kier alpha value is -0.0831. The largest absolute Gasteiger partial charge is 0.417 e. The number of rotatable bonds is 4. The molecule has 0 aliphatic carbocycles. The molecule has 0 unspecified atom stereocenters. The van der Waals surface area contributed by atoms with Gasteiger partial charge in [0.15, 0.2) is 0 Å². The molecule has 0 N–H and O–H groups in total. The molecule has 40 valence electrons. The zero-order valence-corrected chi connectivity index (χ0v) is 5.61. The second kappa shape index (κ2) is 5.92. The fourth-order valence-corrected chi connectivity index (χ4v) is 0.566. The lowest BCUT2D eigenvalue weighted by Crippen LogP contribution is -1.93. The minimum Gasteiger partial charge on any atom is -0.417 e. The second-order valence-corrected chi connectivity index (χ2v) is 1.83. The van der Waals surface area contributed by atoms with Crippen LogP contribution in [-0.2, 0) is 4.43 Å². The third-order valence-corrected chi connectivity index (χ3v) is 1.06. The molecule has 0 rings (SSSR count). The smallest absolute Gasteiger partial charge is 0.226 e. The molecule has 2 heteroatoms. The second-order valence-electron chi connectivity index (χ2n) is 1.13. The maximum absolute atomic E-state index is 5.03. The van der Waals surface area contributed by atoms with Crippen molar-refractivity contribution in [2.45, 2.75) is 13.0 Å². The Morgan fingerprint density at radius 1 is 1.86 bits per heavy atom. The summed E-state index contributed by atoms with van der Waals surface area (Å²) in [6.07, 6.45) is 2.83. The van der Waals surface area contributed by atoms with E-state index in [1.165, 1.54) is 0 Å². The lowest BCUT2D eigenvalue weighted by Gasteiger charge is -1.91. The first-order chi connectivity index (χ1) is 3.41. The van der Waals surface area contributed by atoms with Crippen LogP contribution in [0.3, 0.4) is 0 Å². The van der Waals surface area contributed by atoms with Gasteiger partial charge in [0, 0.05) is 6.61 Å². The van der Waals surface area contributed by atoms with Gasteiger partial charge in [-0.25, -0.2) is 0 Å². The van der Waals surface area contributed by atoms with E-state index in [1.54, 1.807) is 0 Å². The van der Waals surface area contributed by atoms with Gasteiger partial charge in [-0.3, -0.25) is 0 Å². The van der Waals surface area contributed by atoms with E-state index in [2.05, 4.69) is 6.58 Å². The Morgan fingerprint density at radius 3 is 3.00 bits per heavy atom. The first kappa shape index (κ1) is 6.92. The Labute approximate surface area is 47.3 Å². The van der Waals surface area contributed by atoms with Gasteiger partial charge < -0.3 is 4.43 Å². The first-order valence-electron chi connectivity index (χ1n) is 2.31. The molecular formula is C5H10OSi. The predicted octanol–water partition coefficient (Wildman–Crippen LogP) is 1.25. The van der Waals surface area contributed by atoms with Gasteiger partial charge in [-0.15, -0.1) is 6.58 Å². The van der Waals surface area contributed by atoms with E-state index in [0.29, 0.717) is 9.76 Å². The summed E-state index contributed by atoms with van der Waals surface area (Å²) in [7, 11) is 0.620. The molecule has 0 bridgehead atoms. The SMILES string of the molecule is C=CCCO[Si]C. The molecule has 0 amide bonds. The van der Waals surface area contributed by atoms with Gasteiger partial charge in [0.25, 0.3) is 0 Å². The van der Waals surface area contributed by atoms with Crippen LogP contribution in [0.25, 0.3) is 0 Å². The molecule has 0 fully saturated rings. The van der Waals surface area contributed by atoms with Crippen molar-refractivity contribution in [3.05, 3.63) is 12.7 Å². The van der Waals surface area contributed by atoms with E-state index in [9.17, 15) is 0 Å². The van der Waals surface area contributed by atoms with Crippen LogP contribution in [0, 0.1) is 0 Å². The van der Waals surface area contributed by atoms with Crippen LogP contribution < -0.4 is 0 Å². The summed E-state index contributed by atoms with van der Waals surface area (Å²) in [5.74, 6) is 0. The van der Waals surface area contributed by atoms with Crippen LogP contribution in [0.15, 0.2) is 12.7 Å². The number of hydrogen-bond acceptors (Lipinski definition) is 1. The standard InChI is InChI=1S/C5H10OSi/c1-3-4-5-6-7-2/h3H,1,4-5H2,2H3. The lowest BCUT2D eigenvalue weighted by molar-refractivity contribution is 0.347. The predicted molar refractivity (Wildman–Crippen MR) is 32.4 cm³/mol. The summed E-state index contributed by atoms with van der Waals surface area (Å²) in [5, 5.41) is 0. The van der Waals surface area contributed by atoms with Gasteiger partial charge in [0.05, 0.1) is 0 Å². The highest BCUT2D eigenvalue weighted by Crippen LogP contribution is 1.78. The summed E-state index contributed by atoms with van der Waals surface area (Å²) >= 11 is 0. The minimum atomic E-state index is 0.620. The van der Waals surface area contributed by atoms with Gasteiger partial charge in [-0.2, -0.15) is 0 Å². The molecule has 0 heterocycles. The van der Waals surface area contributed by atoms with Crippen LogP contribution >= 0.6 is 0 Å². The fraction of sp³-hybridized carbons (Fsp3) is 0.600. The van der Waals surface area contributed by atoms with E-state index in [1.807, 2.05) is 12.6 Å². The zero-order chi connectivity index (χ0) is 5.54. The van der Waals surface area contributed by atoms with E-state index >= 15 is 0 Å². The molecule has 0 saturated heterocycles. The third-order valence-electron chi connectivity index (χ3n) is 0.568. The van der Waals surface area contributed by atoms with Crippen molar-refractivity contribution in [2.75, 3.05) is 6.61 Å². The molecule has 1 nitrogen and oxygen atoms in total. The van der Waals surface area contributed by atoms with Gasteiger partial charge in [0.2, 0.25) is 9.76 Å². The van der Waals surface area contributed by atoms with Gasteiger partial charge in [0.1, 0.15) is 0 Å². The molecule has 7 heavy (non-hydrogen) atoms. The van der Waals surface area contributed by atoms with Crippen molar-refractivity contribution >= 4 is 9.76 Å². The quantitative estimate of drug-likeness (QED) is 0.303. The maximum Gasteiger partial charge on any atom is 0.226 e. The van der Waals surface area contributed by atoms with Gasteiger partial charge >= 0.3 is 0 Å². The monoisotopic (exact) mass is 114 g/mol. The Morgan fingerprint density at radius 2 is 2.57 bits per heavy atom. The van der Waals surface area contributed by atoms with Crippen LogP contribution in [0.4, 0.5) is 0 Å². The molecule has 0 aromatic heterocycles. The molecule has 0 aliphatic heterocycles. The van der Waals surface area contributed by atoms with Crippen molar-refractivity contribution in [2.24, 2.45) is 0 Å². The third kappa shape index (κ3) is 5.92. The highest BCUT2D eigenvalue weighted by atomic mass is 28.2. The van der Waals surface area contributed by atoms with Crippen molar-refractivity contribution in [1.29, 1.82) is 0 Å². The maximum atomic E-state index is 5.03. The summed E-state index contributed by atoms with van der Waals surface area (Å²) in [4.78, 5) is 0. The van der Waals surface area contributed by atoms with E-state index in [4.69, 9.17) is 4.43 Å². The Bertz CT molecular complexity index is 45.3.